The van der Waals surface area contributed by atoms with Gasteiger partial charge in [0.05, 0.1) is 10.6 Å². The van der Waals surface area contributed by atoms with Crippen molar-refractivity contribution in [2.45, 2.75) is 39.5 Å². The van der Waals surface area contributed by atoms with Crippen LogP contribution in [0, 0.1) is 11.2 Å². The summed E-state index contributed by atoms with van der Waals surface area (Å²) < 4.78 is 41.8. The number of benzene rings is 1. The molecule has 0 aromatic heterocycles. The van der Waals surface area contributed by atoms with E-state index in [1.807, 2.05) is 4.90 Å². The number of hydrogen-bond donors (Lipinski definition) is 1. The van der Waals surface area contributed by atoms with Crippen molar-refractivity contribution in [3.63, 3.8) is 0 Å². The minimum Gasteiger partial charge on any atom is -0.478 e. The van der Waals surface area contributed by atoms with Gasteiger partial charge >= 0.3 is 5.97 Å². The van der Waals surface area contributed by atoms with Crippen molar-refractivity contribution in [1.82, 2.24) is 4.90 Å². The Bertz CT molecular complexity index is 752. The van der Waals surface area contributed by atoms with Crippen LogP contribution in [0.3, 0.4) is 0 Å². The zero-order chi connectivity index (χ0) is 20.9. The molecule has 7 heteroatoms. The molecule has 0 radical (unpaired) electrons. The van der Waals surface area contributed by atoms with E-state index in [0.29, 0.717) is 18.1 Å². The normalized spacial score (nSPS) is 15.3. The Hall–Kier alpha value is -1.89. The van der Waals surface area contributed by atoms with Gasteiger partial charge in [0.25, 0.3) is 5.92 Å². The summed E-state index contributed by atoms with van der Waals surface area (Å²) in [5, 5.41) is 10.0. The van der Waals surface area contributed by atoms with E-state index < -0.39 is 24.1 Å². The van der Waals surface area contributed by atoms with Gasteiger partial charge in [0, 0.05) is 30.8 Å². The van der Waals surface area contributed by atoms with Crippen LogP contribution >= 0.6 is 11.8 Å². The average Bonchev–Trinajstić information content (AvgIpc) is 2.60. The van der Waals surface area contributed by atoms with Gasteiger partial charge in [-0.25, -0.2) is 18.0 Å². The van der Waals surface area contributed by atoms with E-state index in [2.05, 4.69) is 20.8 Å². The number of thioether (sulfide) groups is 1. The van der Waals surface area contributed by atoms with Gasteiger partial charge in [0.15, 0.2) is 0 Å². The van der Waals surface area contributed by atoms with Crippen LogP contribution in [0.1, 0.15) is 39.2 Å². The summed E-state index contributed by atoms with van der Waals surface area (Å²) in [5.74, 6) is -4.68. The molecule has 0 fully saturated rings. The van der Waals surface area contributed by atoms with Crippen LogP contribution in [0.15, 0.2) is 47.0 Å². The molecular weight excluding hydrogens is 387 g/mol. The van der Waals surface area contributed by atoms with Gasteiger partial charge in [-0.15, -0.1) is 11.8 Å². The number of carbonyl (C=O) groups is 1. The maximum atomic E-state index is 14.4. The molecule has 28 heavy (non-hydrogen) atoms. The SMILES string of the molecule is CC(C)(C)CCN1CC=CC(C(=O)O)=C1SCCC(F)(F)c1ccc(F)cc1. The maximum Gasteiger partial charge on any atom is 0.338 e. The molecule has 1 N–H and O–H groups in total. The largest absolute Gasteiger partial charge is 0.478 e. The Morgan fingerprint density at radius 3 is 2.39 bits per heavy atom. The van der Waals surface area contributed by atoms with Crippen molar-refractivity contribution < 1.29 is 23.1 Å². The molecule has 3 nitrogen and oxygen atoms in total. The van der Waals surface area contributed by atoms with Crippen LogP contribution < -0.4 is 0 Å². The average molecular weight is 414 g/mol. The highest BCUT2D eigenvalue weighted by atomic mass is 32.2. The van der Waals surface area contributed by atoms with Crippen molar-refractivity contribution in [3.8, 4) is 0 Å². The molecule has 1 heterocycles. The molecule has 2 rings (SSSR count). The van der Waals surface area contributed by atoms with E-state index in [1.165, 1.54) is 6.08 Å². The molecule has 0 saturated carbocycles. The second-order valence-electron chi connectivity index (χ2n) is 7.99. The number of carboxylic acids is 1. The number of halogens is 3. The van der Waals surface area contributed by atoms with Crippen molar-refractivity contribution in [2.75, 3.05) is 18.8 Å². The van der Waals surface area contributed by atoms with Gasteiger partial charge < -0.3 is 10.0 Å². The summed E-state index contributed by atoms with van der Waals surface area (Å²) in [4.78, 5) is 13.5. The fraction of sp³-hybridized carbons (Fsp3) is 0.476. The minimum absolute atomic E-state index is 0.0519. The molecule has 1 aliphatic rings. The second-order valence-corrected chi connectivity index (χ2v) is 9.08. The van der Waals surface area contributed by atoms with Crippen LogP contribution in [0.25, 0.3) is 0 Å². The number of nitrogens with zero attached hydrogens (tertiary/aromatic N) is 1. The van der Waals surface area contributed by atoms with E-state index in [1.54, 1.807) is 6.08 Å². The first-order valence-electron chi connectivity index (χ1n) is 9.15. The summed E-state index contributed by atoms with van der Waals surface area (Å²) in [6.45, 7) is 7.52. The molecular formula is C21H26F3NO2S. The summed E-state index contributed by atoms with van der Waals surface area (Å²) in [6, 6.07) is 4.20. The first kappa shape index (κ1) is 22.4. The summed E-state index contributed by atoms with van der Waals surface area (Å²) in [6.07, 6.45) is 3.71. The van der Waals surface area contributed by atoms with E-state index in [4.69, 9.17) is 0 Å². The van der Waals surface area contributed by atoms with Crippen LogP contribution in [-0.4, -0.2) is 34.8 Å². The smallest absolute Gasteiger partial charge is 0.338 e. The number of rotatable bonds is 8. The third-order valence-electron chi connectivity index (χ3n) is 4.41. The second kappa shape index (κ2) is 9.07. The lowest BCUT2D eigenvalue weighted by Crippen LogP contribution is -2.30. The van der Waals surface area contributed by atoms with Gasteiger partial charge in [0.2, 0.25) is 0 Å². The molecule has 0 bridgehead atoms. The highest BCUT2D eigenvalue weighted by Crippen LogP contribution is 2.36. The molecule has 0 aliphatic carbocycles. The molecule has 1 aromatic rings. The molecule has 154 valence electrons. The van der Waals surface area contributed by atoms with E-state index in [0.717, 1.165) is 42.4 Å². The van der Waals surface area contributed by atoms with Gasteiger partial charge in [-0.05, 0) is 30.0 Å². The van der Waals surface area contributed by atoms with Crippen LogP contribution in [0.5, 0.6) is 0 Å². The summed E-state index contributed by atoms with van der Waals surface area (Å²) in [5.41, 5.74) is -0.0269. The predicted molar refractivity (Wildman–Crippen MR) is 107 cm³/mol. The maximum absolute atomic E-state index is 14.4. The Morgan fingerprint density at radius 2 is 1.82 bits per heavy atom. The lowest BCUT2D eigenvalue weighted by Gasteiger charge is -2.32. The third-order valence-corrected chi connectivity index (χ3v) is 5.57. The lowest BCUT2D eigenvalue weighted by atomic mass is 9.92. The van der Waals surface area contributed by atoms with Gasteiger partial charge in [0.1, 0.15) is 5.82 Å². The first-order valence-corrected chi connectivity index (χ1v) is 10.1. The Morgan fingerprint density at radius 1 is 1.18 bits per heavy atom. The molecule has 0 saturated heterocycles. The molecule has 0 spiro atoms. The standard InChI is InChI=1S/C21H26F3NO2S/c1-20(2,3)10-13-25-12-4-5-17(19(26)27)18(25)28-14-11-21(23,24)15-6-8-16(22)9-7-15/h4-9H,10-14H2,1-3H3,(H,26,27). The Kier molecular flexibility index (Phi) is 7.26. The highest BCUT2D eigenvalue weighted by molar-refractivity contribution is 8.03. The minimum atomic E-state index is -3.11. The Labute approximate surface area is 168 Å². The summed E-state index contributed by atoms with van der Waals surface area (Å²) >= 11 is 1.14. The predicted octanol–water partition coefficient (Wildman–Crippen LogP) is 5.65. The molecule has 1 aliphatic heterocycles. The van der Waals surface area contributed by atoms with Crippen LogP contribution in [-0.2, 0) is 10.7 Å². The number of alkyl halides is 2. The highest BCUT2D eigenvalue weighted by Gasteiger charge is 2.32. The van der Waals surface area contributed by atoms with E-state index >= 15 is 0 Å². The molecule has 0 amide bonds. The zero-order valence-electron chi connectivity index (χ0n) is 16.3. The van der Waals surface area contributed by atoms with Gasteiger partial charge in [-0.2, -0.15) is 0 Å². The quantitative estimate of drug-likeness (QED) is 0.598. The Balaban J connectivity index is 2.09. The molecule has 1 aromatic carbocycles. The van der Waals surface area contributed by atoms with Gasteiger partial charge in [-0.3, -0.25) is 0 Å². The lowest BCUT2D eigenvalue weighted by molar-refractivity contribution is -0.132. The van der Waals surface area contributed by atoms with E-state index in [9.17, 15) is 23.1 Å². The number of aliphatic carboxylic acids is 1. The van der Waals surface area contributed by atoms with Crippen LogP contribution in [0.2, 0.25) is 0 Å². The van der Waals surface area contributed by atoms with Crippen molar-refractivity contribution in [2.24, 2.45) is 5.41 Å². The molecule has 0 atom stereocenters. The number of carboxylic acid groups (broad SMARTS) is 1. The monoisotopic (exact) mass is 413 g/mol. The third kappa shape index (κ3) is 6.33. The summed E-state index contributed by atoms with van der Waals surface area (Å²) in [7, 11) is 0. The fourth-order valence-electron chi connectivity index (χ4n) is 2.73. The molecule has 0 unspecified atom stereocenters. The van der Waals surface area contributed by atoms with Gasteiger partial charge in [-0.1, -0.05) is 39.0 Å². The topological polar surface area (TPSA) is 40.5 Å². The zero-order valence-corrected chi connectivity index (χ0v) is 17.2. The first-order chi connectivity index (χ1) is 13.0. The van der Waals surface area contributed by atoms with Crippen molar-refractivity contribution in [3.05, 3.63) is 58.4 Å². The van der Waals surface area contributed by atoms with Crippen LogP contribution in [0.4, 0.5) is 13.2 Å². The fourth-order valence-corrected chi connectivity index (χ4v) is 3.94. The number of hydrogen-bond acceptors (Lipinski definition) is 3. The van der Waals surface area contributed by atoms with Crippen molar-refractivity contribution >= 4 is 17.7 Å². The van der Waals surface area contributed by atoms with E-state index in [-0.39, 0.29) is 22.3 Å². The van der Waals surface area contributed by atoms with Crippen molar-refractivity contribution in [1.29, 1.82) is 0 Å².